The van der Waals surface area contributed by atoms with E-state index in [4.69, 9.17) is 6.42 Å². The molecule has 0 saturated heterocycles. The summed E-state index contributed by atoms with van der Waals surface area (Å²) in [5.74, 6) is 2.45. The first-order valence-electron chi connectivity index (χ1n) is 18.2. The van der Waals surface area contributed by atoms with Crippen LogP contribution >= 0.6 is 0 Å². The second-order valence-electron chi connectivity index (χ2n) is 14.4. The summed E-state index contributed by atoms with van der Waals surface area (Å²) in [6, 6.07) is 0. The van der Waals surface area contributed by atoms with Crippen LogP contribution in [0, 0.1) is 12.3 Å². The van der Waals surface area contributed by atoms with Gasteiger partial charge in [-0.1, -0.05) is 99.1 Å². The Labute approximate surface area is 287 Å². The minimum atomic E-state index is -0.995. The summed E-state index contributed by atoms with van der Waals surface area (Å²) in [4.78, 5) is 0. The summed E-state index contributed by atoms with van der Waals surface area (Å²) in [5, 5.41) is 9.92. The summed E-state index contributed by atoms with van der Waals surface area (Å²) < 4.78 is 0. The minimum absolute atomic E-state index is 0.614. The van der Waals surface area contributed by atoms with Crippen molar-refractivity contribution in [3.05, 3.63) is 93.2 Å². The predicted molar refractivity (Wildman–Crippen MR) is 209 cm³/mol. The molecule has 0 radical (unpaired) electrons. The molecule has 1 heteroatoms. The van der Waals surface area contributed by atoms with Crippen molar-refractivity contribution in [3.63, 3.8) is 0 Å². The van der Waals surface area contributed by atoms with Gasteiger partial charge in [0.2, 0.25) is 0 Å². The van der Waals surface area contributed by atoms with E-state index in [0.29, 0.717) is 6.42 Å². The van der Waals surface area contributed by atoms with Gasteiger partial charge in [-0.2, -0.15) is 0 Å². The average molecular weight is 629 g/mol. The summed E-state index contributed by atoms with van der Waals surface area (Å²) in [6.45, 7) is 21.9. The Bertz CT molecular complexity index is 1140. The van der Waals surface area contributed by atoms with Gasteiger partial charge in [0.1, 0.15) is 5.60 Å². The molecule has 0 aromatic heterocycles. The van der Waals surface area contributed by atoms with Crippen molar-refractivity contribution in [3.8, 4) is 12.3 Å². The molecule has 1 unspecified atom stereocenters. The third-order valence-electron chi connectivity index (χ3n) is 8.71. The van der Waals surface area contributed by atoms with Crippen LogP contribution in [0.2, 0.25) is 0 Å². The lowest BCUT2D eigenvalue weighted by Gasteiger charge is -2.14. The Morgan fingerprint density at radius 3 is 0.870 bits per heavy atom. The number of rotatable bonds is 24. The summed E-state index contributed by atoms with van der Waals surface area (Å²) in [6.07, 6.45) is 42.0. The quantitative estimate of drug-likeness (QED) is 0.0833. The Balaban J connectivity index is 4.23. The predicted octanol–water partition coefficient (Wildman–Crippen LogP) is 14.2. The van der Waals surface area contributed by atoms with E-state index in [1.165, 1.54) is 76.7 Å². The number of aliphatic hydroxyl groups is 1. The second-order valence-corrected chi connectivity index (χ2v) is 14.4. The molecule has 0 bridgehead atoms. The van der Waals surface area contributed by atoms with E-state index in [0.717, 1.165) is 64.2 Å². The second kappa shape index (κ2) is 26.5. The number of hydrogen-bond acceptors (Lipinski definition) is 1. The molecule has 1 N–H and O–H groups in total. The number of allylic oxidation sites excluding steroid dienone is 16. The molecule has 0 fully saturated rings. The largest absolute Gasteiger partial charge is 0.378 e. The molecule has 0 aliphatic heterocycles. The average Bonchev–Trinajstić information content (AvgIpc) is 2.97. The summed E-state index contributed by atoms with van der Waals surface area (Å²) in [5.41, 5.74) is 10.9. The van der Waals surface area contributed by atoms with Crippen LogP contribution in [0.3, 0.4) is 0 Å². The highest BCUT2D eigenvalue weighted by molar-refractivity contribution is 5.11. The SMILES string of the molecule is C#CC(C)(O)CCC=C(C)CCC=C(C)CCC=C(C)CCC=C(C)CCC=C(C)CCC=C(C)CCC=C(C)CCC=C(C)C. The molecular formula is C45H72O. The molecule has 0 heterocycles. The van der Waals surface area contributed by atoms with Crippen LogP contribution in [0.1, 0.15) is 172 Å². The molecule has 0 aliphatic carbocycles. The van der Waals surface area contributed by atoms with Gasteiger partial charge in [-0.15, -0.1) is 6.42 Å². The number of hydrogen-bond donors (Lipinski definition) is 1. The molecule has 0 spiro atoms. The molecule has 0 rings (SSSR count). The highest BCUT2D eigenvalue weighted by Crippen LogP contribution is 2.18. The van der Waals surface area contributed by atoms with Crippen molar-refractivity contribution in [2.24, 2.45) is 0 Å². The van der Waals surface area contributed by atoms with Gasteiger partial charge in [0.05, 0.1) is 0 Å². The van der Waals surface area contributed by atoms with Crippen LogP contribution in [0.15, 0.2) is 93.2 Å². The van der Waals surface area contributed by atoms with Gasteiger partial charge >= 0.3 is 0 Å². The maximum atomic E-state index is 9.92. The van der Waals surface area contributed by atoms with Crippen LogP contribution in [0.4, 0.5) is 0 Å². The van der Waals surface area contributed by atoms with E-state index in [1.54, 1.807) is 6.92 Å². The lowest BCUT2D eigenvalue weighted by Crippen LogP contribution is -2.20. The monoisotopic (exact) mass is 629 g/mol. The van der Waals surface area contributed by atoms with E-state index < -0.39 is 5.60 Å². The van der Waals surface area contributed by atoms with Gasteiger partial charge in [-0.05, 0) is 172 Å². The first-order chi connectivity index (χ1) is 21.7. The van der Waals surface area contributed by atoms with Crippen LogP contribution in [0.25, 0.3) is 0 Å². The summed E-state index contributed by atoms with van der Waals surface area (Å²) >= 11 is 0. The lowest BCUT2D eigenvalue weighted by molar-refractivity contribution is 0.113. The van der Waals surface area contributed by atoms with Crippen molar-refractivity contribution >= 4 is 0 Å². The Kier molecular flexibility index (Phi) is 25.0. The molecule has 46 heavy (non-hydrogen) atoms. The molecule has 0 saturated carbocycles. The zero-order valence-electron chi connectivity index (χ0n) is 32.0. The van der Waals surface area contributed by atoms with Gasteiger partial charge in [0, 0.05) is 0 Å². The van der Waals surface area contributed by atoms with Crippen LogP contribution in [-0.2, 0) is 0 Å². The number of terminal acetylenes is 1. The van der Waals surface area contributed by atoms with E-state index in [-0.39, 0.29) is 0 Å². The fourth-order valence-corrected chi connectivity index (χ4v) is 5.25. The highest BCUT2D eigenvalue weighted by atomic mass is 16.3. The Hall–Kier alpha value is -2.56. The molecule has 1 nitrogen and oxygen atoms in total. The molecule has 0 aliphatic rings. The zero-order valence-corrected chi connectivity index (χ0v) is 32.0. The van der Waals surface area contributed by atoms with Crippen molar-refractivity contribution < 1.29 is 5.11 Å². The molecule has 0 aromatic rings. The molecule has 0 amide bonds. The van der Waals surface area contributed by atoms with Gasteiger partial charge < -0.3 is 5.11 Å². The maximum absolute atomic E-state index is 9.92. The van der Waals surface area contributed by atoms with E-state index in [2.05, 4.69) is 117 Å². The minimum Gasteiger partial charge on any atom is -0.378 e. The van der Waals surface area contributed by atoms with Gasteiger partial charge in [0.25, 0.3) is 0 Å². The highest BCUT2D eigenvalue weighted by Gasteiger charge is 2.14. The lowest BCUT2D eigenvalue weighted by atomic mass is 9.99. The summed E-state index contributed by atoms with van der Waals surface area (Å²) in [7, 11) is 0. The fraction of sp³-hybridized carbons (Fsp3) is 0.600. The fourth-order valence-electron chi connectivity index (χ4n) is 5.25. The third kappa shape index (κ3) is 27.7. The first kappa shape index (κ1) is 43.4. The van der Waals surface area contributed by atoms with Crippen LogP contribution < -0.4 is 0 Å². The van der Waals surface area contributed by atoms with Gasteiger partial charge in [0.15, 0.2) is 0 Å². The van der Waals surface area contributed by atoms with E-state index in [1.807, 2.05) is 0 Å². The maximum Gasteiger partial charge on any atom is 0.122 e. The van der Waals surface area contributed by atoms with Gasteiger partial charge in [-0.3, -0.25) is 0 Å². The molecule has 0 aromatic carbocycles. The van der Waals surface area contributed by atoms with Crippen molar-refractivity contribution in [1.29, 1.82) is 0 Å². The van der Waals surface area contributed by atoms with Crippen LogP contribution in [0.5, 0.6) is 0 Å². The Morgan fingerprint density at radius 2 is 0.652 bits per heavy atom. The van der Waals surface area contributed by atoms with E-state index in [9.17, 15) is 5.11 Å². The first-order valence-corrected chi connectivity index (χ1v) is 18.2. The normalized spacial score (nSPS) is 15.6. The Morgan fingerprint density at radius 1 is 0.435 bits per heavy atom. The van der Waals surface area contributed by atoms with Gasteiger partial charge in [-0.25, -0.2) is 0 Å². The van der Waals surface area contributed by atoms with Crippen molar-refractivity contribution in [2.45, 2.75) is 178 Å². The van der Waals surface area contributed by atoms with Crippen molar-refractivity contribution in [1.82, 2.24) is 0 Å². The van der Waals surface area contributed by atoms with E-state index >= 15 is 0 Å². The zero-order chi connectivity index (χ0) is 34.8. The van der Waals surface area contributed by atoms with Crippen LogP contribution in [-0.4, -0.2) is 10.7 Å². The smallest absolute Gasteiger partial charge is 0.122 e. The molecular weight excluding hydrogens is 556 g/mol. The third-order valence-corrected chi connectivity index (χ3v) is 8.71. The topological polar surface area (TPSA) is 20.2 Å². The van der Waals surface area contributed by atoms with Crippen molar-refractivity contribution in [2.75, 3.05) is 0 Å². The molecule has 258 valence electrons. The standard InChI is InChI=1S/C45H72O/c1-12-45(11,46)36-20-35-44(10)34-19-33-43(9)32-18-31-42(8)30-17-29-41(7)28-16-27-40(6)26-15-25-39(5)24-14-23-38(4)22-13-21-37(2)3/h1,21,23,25,27,29,31,33,35,46H,13-20,22,24,26,28,30,32,34,36H2,2-11H3. The molecule has 1 atom stereocenters.